The van der Waals surface area contributed by atoms with Gasteiger partial charge in [-0.2, -0.15) is 0 Å². The van der Waals surface area contributed by atoms with Crippen molar-refractivity contribution in [2.45, 2.75) is 30.2 Å². The average Bonchev–Trinajstić information content (AvgIpc) is 2.95. The minimum absolute atomic E-state index is 0.307. The van der Waals surface area contributed by atoms with Crippen LogP contribution in [0.5, 0.6) is 11.5 Å². The van der Waals surface area contributed by atoms with Crippen LogP contribution in [0.25, 0.3) is 22.3 Å². The van der Waals surface area contributed by atoms with Gasteiger partial charge >= 0.3 is 183 Å². The number of phenols is 2. The van der Waals surface area contributed by atoms with Crippen LogP contribution in [0, 0.1) is 0 Å². The molecule has 0 saturated heterocycles. The van der Waals surface area contributed by atoms with Gasteiger partial charge in [0.25, 0.3) is 0 Å². The van der Waals surface area contributed by atoms with Gasteiger partial charge in [-0.3, -0.25) is 0 Å². The van der Waals surface area contributed by atoms with E-state index in [4.69, 9.17) is 0 Å². The number of rotatable bonds is 6. The number of allylic oxidation sites excluding steroid dienone is 2. The van der Waals surface area contributed by atoms with Crippen LogP contribution in [0.3, 0.4) is 0 Å². The normalized spacial score (nSPS) is 10.7. The summed E-state index contributed by atoms with van der Waals surface area (Å²) in [5.41, 5.74) is 3.80. The Labute approximate surface area is 221 Å². The Bertz CT molecular complexity index is 1150. The van der Waals surface area contributed by atoms with Gasteiger partial charge in [0.2, 0.25) is 0 Å². The van der Waals surface area contributed by atoms with Crippen molar-refractivity contribution in [3.63, 3.8) is 0 Å². The van der Waals surface area contributed by atoms with Crippen molar-refractivity contribution in [1.29, 1.82) is 0 Å². The van der Waals surface area contributed by atoms with Gasteiger partial charge < -0.3 is 0 Å². The molecule has 0 aromatic heterocycles. The Morgan fingerprint density at radius 1 is 0.639 bits per heavy atom. The number of hydrogen-bond acceptors (Lipinski definition) is 2. The van der Waals surface area contributed by atoms with Crippen LogP contribution >= 0.6 is 0 Å². The number of aromatic hydroxyl groups is 2. The van der Waals surface area contributed by atoms with Crippen LogP contribution in [0.1, 0.15) is 20.8 Å². The molecule has 0 fully saturated rings. The van der Waals surface area contributed by atoms with E-state index in [2.05, 4.69) is 49.3 Å². The first kappa shape index (κ1) is 29.0. The molecule has 0 radical (unpaired) electrons. The molecule has 0 atom stereocenters. The molecule has 36 heavy (non-hydrogen) atoms. The molecule has 4 aromatic rings. The van der Waals surface area contributed by atoms with Gasteiger partial charge in [-0.15, -0.1) is 0 Å². The molecule has 188 valence electrons. The monoisotopic (exact) mass is 596 g/mol. The van der Waals surface area contributed by atoms with Crippen molar-refractivity contribution in [1.82, 2.24) is 0 Å². The Morgan fingerprint density at radius 2 is 1.00 bits per heavy atom. The van der Waals surface area contributed by atoms with Gasteiger partial charge in [0.05, 0.1) is 0 Å². The van der Waals surface area contributed by atoms with E-state index < -0.39 is 18.2 Å². The predicted octanol–water partition coefficient (Wildman–Crippen LogP) is 8.03. The Balaban J connectivity index is 0.000000694. The Hall–Kier alpha value is -3.25. The van der Waals surface area contributed by atoms with Crippen molar-refractivity contribution in [3.8, 4) is 33.8 Å². The standard InChI is InChI=1S/C27H26O2Te.C4H6.C2H6/c1-3-30(2,22-14-16-26(28)24(18-22)20-10-6-4-7-11-20)23-15-17-27(29)25(19-23)21-12-8-5-9-13-21;1-3-4-2;1-2/h4-19,28-29H,3H2,1-2H3;3-4H,1-2H2;1-2H3. The van der Waals surface area contributed by atoms with Crippen molar-refractivity contribution in [2.24, 2.45) is 0 Å². The van der Waals surface area contributed by atoms with Crippen LogP contribution in [0.4, 0.5) is 0 Å². The summed E-state index contributed by atoms with van der Waals surface area (Å²) in [4.78, 5) is 2.41. The molecule has 0 aliphatic rings. The van der Waals surface area contributed by atoms with Crippen LogP contribution in [0.15, 0.2) is 122 Å². The molecular formula is C33H38O2Te. The van der Waals surface area contributed by atoms with E-state index in [1.807, 2.05) is 86.6 Å². The second kappa shape index (κ2) is 14.3. The minimum atomic E-state index is -2.74. The van der Waals surface area contributed by atoms with Gasteiger partial charge in [0.15, 0.2) is 0 Å². The van der Waals surface area contributed by atoms with Crippen LogP contribution in [-0.4, -0.2) is 28.4 Å². The van der Waals surface area contributed by atoms with Crippen molar-refractivity contribution in [2.75, 3.05) is 0 Å². The zero-order chi connectivity index (χ0) is 26.6. The predicted molar refractivity (Wildman–Crippen MR) is 160 cm³/mol. The van der Waals surface area contributed by atoms with E-state index in [0.29, 0.717) is 11.5 Å². The summed E-state index contributed by atoms with van der Waals surface area (Å²) in [6, 6.07) is 32.2. The van der Waals surface area contributed by atoms with Gasteiger partial charge in [-0.1, -0.05) is 39.2 Å². The Kier molecular flexibility index (Phi) is 11.5. The van der Waals surface area contributed by atoms with E-state index in [1.54, 1.807) is 12.2 Å². The molecule has 4 rings (SSSR count). The summed E-state index contributed by atoms with van der Waals surface area (Å²) in [6.07, 6.45) is 3.28. The third-order valence-corrected chi connectivity index (χ3v) is 16.6. The van der Waals surface area contributed by atoms with Crippen molar-refractivity contribution >= 4 is 25.4 Å². The topological polar surface area (TPSA) is 40.5 Å². The molecule has 0 spiro atoms. The zero-order valence-corrected chi connectivity index (χ0v) is 24.1. The fourth-order valence-electron chi connectivity index (χ4n) is 3.76. The summed E-state index contributed by atoms with van der Waals surface area (Å²) in [6.45, 7) is 13.0. The van der Waals surface area contributed by atoms with Crippen molar-refractivity contribution in [3.05, 3.63) is 122 Å². The van der Waals surface area contributed by atoms with Crippen molar-refractivity contribution < 1.29 is 10.2 Å². The maximum atomic E-state index is 10.5. The third-order valence-electron chi connectivity index (χ3n) is 5.89. The second-order valence-corrected chi connectivity index (χ2v) is 18.5. The molecule has 0 unspecified atom stereocenters. The van der Waals surface area contributed by atoms with Crippen LogP contribution < -0.4 is 7.22 Å². The second-order valence-electron chi connectivity index (χ2n) is 7.94. The number of phenolic OH excluding ortho intramolecular Hbond substituents is 2. The van der Waals surface area contributed by atoms with E-state index in [1.165, 1.54) is 7.22 Å². The maximum absolute atomic E-state index is 10.5. The molecule has 3 heteroatoms. The molecule has 0 aliphatic carbocycles. The quantitative estimate of drug-likeness (QED) is 0.175. The fourth-order valence-corrected chi connectivity index (χ4v) is 10.7. The molecule has 2 N–H and O–H groups in total. The summed E-state index contributed by atoms with van der Waals surface area (Å²) >= 11 is -2.74. The van der Waals surface area contributed by atoms with E-state index in [9.17, 15) is 10.2 Å². The number of benzene rings is 4. The molecule has 2 nitrogen and oxygen atoms in total. The van der Waals surface area contributed by atoms with Gasteiger partial charge in [-0.25, -0.2) is 0 Å². The molecule has 0 aliphatic heterocycles. The van der Waals surface area contributed by atoms with E-state index >= 15 is 0 Å². The fraction of sp³-hybridized carbons (Fsp3) is 0.152. The van der Waals surface area contributed by atoms with Gasteiger partial charge in [-0.05, 0) is 0 Å². The summed E-state index contributed by atoms with van der Waals surface area (Å²) < 4.78 is 3.71. The molecule has 0 saturated carbocycles. The third kappa shape index (κ3) is 6.91. The molecular weight excluding hydrogens is 556 g/mol. The zero-order valence-electron chi connectivity index (χ0n) is 21.8. The first-order valence-electron chi connectivity index (χ1n) is 12.2. The van der Waals surface area contributed by atoms with Crippen LogP contribution in [-0.2, 0) is 0 Å². The first-order valence-corrected chi connectivity index (χ1v) is 18.5. The average molecular weight is 594 g/mol. The Morgan fingerprint density at radius 3 is 1.31 bits per heavy atom. The van der Waals surface area contributed by atoms with Gasteiger partial charge in [0, 0.05) is 0 Å². The number of hydrogen-bond donors (Lipinski definition) is 2. The SMILES string of the molecule is C=CC=C.CC.CC[Te](C)(c1ccc(O)c(-c2ccccc2)c1)c1ccc(O)c(-c2ccccc2)c1. The molecule has 0 bridgehead atoms. The van der Waals surface area contributed by atoms with Crippen LogP contribution in [0.2, 0.25) is 9.44 Å². The summed E-state index contributed by atoms with van der Waals surface area (Å²) in [5, 5.41) is 21.0. The van der Waals surface area contributed by atoms with E-state index in [-0.39, 0.29) is 0 Å². The molecule has 0 heterocycles. The van der Waals surface area contributed by atoms with E-state index in [0.717, 1.165) is 26.7 Å². The molecule has 4 aromatic carbocycles. The summed E-state index contributed by atoms with van der Waals surface area (Å²) in [7, 11) is 0. The molecule has 0 amide bonds. The van der Waals surface area contributed by atoms with Gasteiger partial charge in [0.1, 0.15) is 0 Å². The summed E-state index contributed by atoms with van der Waals surface area (Å²) in [5.74, 6) is 0.615. The first-order chi connectivity index (χ1) is 17.4.